The molecular formula is C22H22N2O4S. The van der Waals surface area contributed by atoms with Gasteiger partial charge in [-0.25, -0.2) is 8.42 Å². The molecule has 1 aromatic heterocycles. The maximum atomic E-state index is 13.0. The van der Waals surface area contributed by atoms with Crippen LogP contribution in [-0.4, -0.2) is 31.7 Å². The van der Waals surface area contributed by atoms with E-state index in [1.165, 1.54) is 16.4 Å². The molecule has 1 N–H and O–H groups in total. The lowest BCUT2D eigenvalue weighted by Crippen LogP contribution is -2.30. The Balaban J connectivity index is 1.61. The lowest BCUT2D eigenvalue weighted by atomic mass is 10.0. The summed E-state index contributed by atoms with van der Waals surface area (Å²) >= 11 is 0. The largest absolute Gasteiger partial charge is 0.467 e. The topological polar surface area (TPSA) is 79.6 Å². The molecule has 0 spiro atoms. The van der Waals surface area contributed by atoms with Crippen molar-refractivity contribution in [2.75, 3.05) is 13.1 Å². The van der Waals surface area contributed by atoms with E-state index in [0.29, 0.717) is 18.8 Å². The van der Waals surface area contributed by atoms with Crippen LogP contribution < -0.4 is 5.32 Å². The minimum absolute atomic E-state index is 0.140. The molecule has 1 amide bonds. The first-order valence-electron chi connectivity index (χ1n) is 9.55. The van der Waals surface area contributed by atoms with Gasteiger partial charge in [0.2, 0.25) is 10.0 Å². The summed E-state index contributed by atoms with van der Waals surface area (Å²) in [5.74, 6) is 0.235. The number of carbonyl (C=O) groups excluding carboxylic acids is 1. The highest BCUT2D eigenvalue weighted by Gasteiger charge is 2.28. The average Bonchev–Trinajstić information content (AvgIpc) is 3.47. The maximum absolute atomic E-state index is 13.0. The zero-order valence-corrected chi connectivity index (χ0v) is 16.6. The van der Waals surface area contributed by atoms with E-state index in [1.54, 1.807) is 30.5 Å². The molecule has 0 radical (unpaired) electrons. The highest BCUT2D eigenvalue weighted by Crippen LogP contribution is 2.24. The van der Waals surface area contributed by atoms with E-state index in [4.69, 9.17) is 4.42 Å². The lowest BCUT2D eigenvalue weighted by molar-refractivity contribution is 0.0938. The molecule has 6 nitrogen and oxygen atoms in total. The van der Waals surface area contributed by atoms with Crippen molar-refractivity contribution in [1.82, 2.24) is 9.62 Å². The van der Waals surface area contributed by atoms with E-state index in [0.717, 1.165) is 18.4 Å². The van der Waals surface area contributed by atoms with Crippen molar-refractivity contribution >= 4 is 15.9 Å². The van der Waals surface area contributed by atoms with Gasteiger partial charge in [0.05, 0.1) is 11.2 Å². The number of hydrogen-bond donors (Lipinski definition) is 1. The van der Waals surface area contributed by atoms with Crippen LogP contribution in [0, 0.1) is 0 Å². The summed E-state index contributed by atoms with van der Waals surface area (Å²) < 4.78 is 32.6. The van der Waals surface area contributed by atoms with Gasteiger partial charge in [0, 0.05) is 18.7 Å². The molecule has 0 saturated carbocycles. The van der Waals surface area contributed by atoms with Crippen molar-refractivity contribution in [3.05, 3.63) is 89.9 Å². The van der Waals surface area contributed by atoms with E-state index in [9.17, 15) is 13.2 Å². The van der Waals surface area contributed by atoms with Crippen LogP contribution in [0.4, 0.5) is 0 Å². The fraction of sp³-hybridized carbons (Fsp3) is 0.227. The van der Waals surface area contributed by atoms with Gasteiger partial charge in [-0.05, 0) is 48.7 Å². The van der Waals surface area contributed by atoms with E-state index in [1.807, 2.05) is 30.3 Å². The van der Waals surface area contributed by atoms with Gasteiger partial charge in [0.15, 0.2) is 0 Å². The number of furan rings is 1. The number of nitrogens with zero attached hydrogens (tertiary/aromatic N) is 1. The van der Waals surface area contributed by atoms with Crippen molar-refractivity contribution in [2.45, 2.75) is 23.8 Å². The molecule has 4 rings (SSSR count). The molecule has 1 fully saturated rings. The number of nitrogens with one attached hydrogen (secondary N) is 1. The van der Waals surface area contributed by atoms with Gasteiger partial charge in [-0.15, -0.1) is 0 Å². The molecule has 1 aliphatic rings. The summed E-state index contributed by atoms with van der Waals surface area (Å²) in [6, 6.07) is 18.8. The van der Waals surface area contributed by atoms with Crippen LogP contribution in [0.1, 0.15) is 40.6 Å². The summed E-state index contributed by atoms with van der Waals surface area (Å²) in [4.78, 5) is 13.1. The Labute approximate surface area is 170 Å². The molecule has 150 valence electrons. The summed E-state index contributed by atoms with van der Waals surface area (Å²) in [5.41, 5.74) is 1.16. The lowest BCUT2D eigenvalue weighted by Gasteiger charge is -2.18. The fourth-order valence-corrected chi connectivity index (χ4v) is 5.07. The molecule has 0 aliphatic carbocycles. The molecule has 1 aliphatic heterocycles. The molecule has 7 heteroatoms. The first kappa shape index (κ1) is 19.4. The van der Waals surface area contributed by atoms with E-state index < -0.39 is 16.1 Å². The predicted octanol–water partition coefficient (Wildman–Crippen LogP) is 3.58. The Morgan fingerprint density at radius 1 is 0.966 bits per heavy atom. The van der Waals surface area contributed by atoms with Crippen LogP contribution in [0.3, 0.4) is 0 Å². The van der Waals surface area contributed by atoms with Crippen LogP contribution in [0.25, 0.3) is 0 Å². The number of hydrogen-bond acceptors (Lipinski definition) is 4. The van der Waals surface area contributed by atoms with Gasteiger partial charge in [0.25, 0.3) is 5.91 Å². The minimum Gasteiger partial charge on any atom is -0.467 e. The minimum atomic E-state index is -3.58. The third-order valence-corrected chi connectivity index (χ3v) is 6.93. The molecule has 1 saturated heterocycles. The highest BCUT2D eigenvalue weighted by atomic mass is 32.2. The van der Waals surface area contributed by atoms with Crippen molar-refractivity contribution in [1.29, 1.82) is 0 Å². The zero-order valence-electron chi connectivity index (χ0n) is 15.8. The Morgan fingerprint density at radius 2 is 1.72 bits per heavy atom. The van der Waals surface area contributed by atoms with Gasteiger partial charge < -0.3 is 9.73 Å². The third kappa shape index (κ3) is 4.11. The second-order valence-corrected chi connectivity index (χ2v) is 8.91. The van der Waals surface area contributed by atoms with Crippen molar-refractivity contribution in [2.24, 2.45) is 0 Å². The molecule has 2 heterocycles. The quantitative estimate of drug-likeness (QED) is 0.674. The monoisotopic (exact) mass is 410 g/mol. The van der Waals surface area contributed by atoms with E-state index in [2.05, 4.69) is 5.32 Å². The SMILES string of the molecule is O=C(N[C@H](c1ccccc1)c1ccco1)c1cccc(S(=O)(=O)N2CCCC2)c1. The normalized spacial score (nSPS) is 15.9. The van der Waals surface area contributed by atoms with E-state index >= 15 is 0 Å². The Bertz CT molecular complexity index is 1070. The van der Waals surface area contributed by atoms with Crippen molar-refractivity contribution in [3.63, 3.8) is 0 Å². The van der Waals surface area contributed by atoms with Crippen molar-refractivity contribution in [3.8, 4) is 0 Å². The van der Waals surface area contributed by atoms with Gasteiger partial charge in [0.1, 0.15) is 11.8 Å². The smallest absolute Gasteiger partial charge is 0.252 e. The molecule has 2 aromatic carbocycles. The molecule has 1 atom stereocenters. The second kappa shape index (κ2) is 8.23. The van der Waals surface area contributed by atoms with Crippen LogP contribution in [0.15, 0.2) is 82.3 Å². The first-order valence-corrected chi connectivity index (χ1v) is 11.0. The zero-order chi connectivity index (χ0) is 20.3. The van der Waals surface area contributed by atoms with Crippen LogP contribution in [-0.2, 0) is 10.0 Å². The second-order valence-electron chi connectivity index (χ2n) is 6.97. The van der Waals surface area contributed by atoms with Gasteiger partial charge >= 0.3 is 0 Å². The van der Waals surface area contributed by atoms with Gasteiger partial charge in [-0.1, -0.05) is 36.4 Å². The Kier molecular flexibility index (Phi) is 5.51. The highest BCUT2D eigenvalue weighted by molar-refractivity contribution is 7.89. The molecule has 0 bridgehead atoms. The summed E-state index contributed by atoms with van der Waals surface area (Å²) in [7, 11) is -3.58. The Morgan fingerprint density at radius 3 is 2.41 bits per heavy atom. The number of carbonyl (C=O) groups is 1. The average molecular weight is 410 g/mol. The fourth-order valence-electron chi connectivity index (χ4n) is 3.51. The van der Waals surface area contributed by atoms with Crippen LogP contribution in [0.2, 0.25) is 0 Å². The number of amides is 1. The summed E-state index contributed by atoms with van der Waals surface area (Å²) in [6.45, 7) is 1.04. The summed E-state index contributed by atoms with van der Waals surface area (Å²) in [6.07, 6.45) is 3.28. The third-order valence-electron chi connectivity index (χ3n) is 5.04. The maximum Gasteiger partial charge on any atom is 0.252 e. The molecule has 29 heavy (non-hydrogen) atoms. The number of sulfonamides is 1. The van der Waals surface area contributed by atoms with E-state index in [-0.39, 0.29) is 16.4 Å². The molecule has 3 aromatic rings. The molecule has 0 unspecified atom stereocenters. The van der Waals surface area contributed by atoms with Gasteiger partial charge in [-0.2, -0.15) is 4.31 Å². The van der Waals surface area contributed by atoms with Crippen LogP contribution >= 0.6 is 0 Å². The number of benzene rings is 2. The predicted molar refractivity (Wildman–Crippen MR) is 109 cm³/mol. The standard InChI is InChI=1S/C22H22N2O4S/c25-22(23-21(20-12-7-15-28-20)17-8-2-1-3-9-17)18-10-6-11-19(16-18)29(26,27)24-13-4-5-14-24/h1-3,6-12,15-16,21H,4-5,13-14H2,(H,23,25)/t21-/m1/s1. The molecular weight excluding hydrogens is 388 g/mol. The van der Waals surface area contributed by atoms with Crippen molar-refractivity contribution < 1.29 is 17.6 Å². The first-order chi connectivity index (χ1) is 14.1. The van der Waals surface area contributed by atoms with Crippen LogP contribution in [0.5, 0.6) is 0 Å². The Hall–Kier alpha value is -2.90. The summed E-state index contributed by atoms with van der Waals surface area (Å²) in [5, 5.41) is 2.96. The number of rotatable bonds is 6. The van der Waals surface area contributed by atoms with Gasteiger partial charge in [-0.3, -0.25) is 4.79 Å².